The van der Waals surface area contributed by atoms with Gasteiger partial charge in [-0.1, -0.05) is 0 Å². The molecule has 1 heterocycles. The fourth-order valence-electron chi connectivity index (χ4n) is 5.67. The van der Waals surface area contributed by atoms with Gasteiger partial charge in [-0.2, -0.15) is 0 Å². The largest absolute Gasteiger partial charge is 0.497 e. The van der Waals surface area contributed by atoms with Crippen LogP contribution in [-0.2, 0) is 14.8 Å². The van der Waals surface area contributed by atoms with Gasteiger partial charge in [-0.15, -0.1) is 0 Å². The monoisotopic (exact) mass is 508 g/mol. The van der Waals surface area contributed by atoms with E-state index in [4.69, 9.17) is 4.74 Å². The quantitative estimate of drug-likeness (QED) is 0.505. The SMILES string of the molecule is CNCC1CCN(C2CCC(NC(=O)CCN(C)S(=O)(=O)c3c(C)cc(OC)cc3C)CC2)CC1. The number of aryl methyl sites for hydroxylation is 2. The van der Waals surface area contributed by atoms with E-state index in [1.54, 1.807) is 33.1 Å². The number of piperidine rings is 1. The maximum Gasteiger partial charge on any atom is 0.243 e. The summed E-state index contributed by atoms with van der Waals surface area (Å²) in [6, 6.07) is 4.27. The van der Waals surface area contributed by atoms with Gasteiger partial charge in [-0.05, 0) is 108 Å². The lowest BCUT2D eigenvalue weighted by Gasteiger charge is -2.41. The van der Waals surface area contributed by atoms with Crippen LogP contribution in [-0.4, -0.2) is 83.0 Å². The Balaban J connectivity index is 1.44. The number of nitrogens with zero attached hydrogens (tertiary/aromatic N) is 2. The number of hydrogen-bond acceptors (Lipinski definition) is 6. The third-order valence-electron chi connectivity index (χ3n) is 7.71. The number of sulfonamides is 1. The maximum atomic E-state index is 13.2. The molecule has 1 aliphatic carbocycles. The van der Waals surface area contributed by atoms with E-state index in [2.05, 4.69) is 15.5 Å². The molecule has 1 aliphatic heterocycles. The van der Waals surface area contributed by atoms with Crippen LogP contribution in [0.3, 0.4) is 0 Å². The van der Waals surface area contributed by atoms with Gasteiger partial charge in [0.1, 0.15) is 5.75 Å². The van der Waals surface area contributed by atoms with Gasteiger partial charge in [-0.25, -0.2) is 12.7 Å². The summed E-state index contributed by atoms with van der Waals surface area (Å²) < 4.78 is 32.9. The third-order valence-corrected chi connectivity index (χ3v) is 9.87. The molecule has 2 aliphatic rings. The highest BCUT2D eigenvalue weighted by Gasteiger charge is 2.30. The molecule has 8 nitrogen and oxygen atoms in total. The Morgan fingerprint density at radius 2 is 1.69 bits per heavy atom. The van der Waals surface area contributed by atoms with Crippen LogP contribution in [0.1, 0.15) is 56.1 Å². The Labute approximate surface area is 211 Å². The molecule has 3 rings (SSSR count). The Kier molecular flexibility index (Phi) is 9.98. The topological polar surface area (TPSA) is 91.0 Å². The van der Waals surface area contributed by atoms with Crippen molar-refractivity contribution in [2.45, 2.75) is 75.8 Å². The summed E-state index contributed by atoms with van der Waals surface area (Å²) in [5.74, 6) is 1.35. The molecule has 2 N–H and O–H groups in total. The van der Waals surface area contributed by atoms with Crippen LogP contribution >= 0.6 is 0 Å². The van der Waals surface area contributed by atoms with Gasteiger partial charge >= 0.3 is 0 Å². The molecular weight excluding hydrogens is 464 g/mol. The molecule has 0 atom stereocenters. The highest BCUT2D eigenvalue weighted by atomic mass is 32.2. The normalized spacial score (nSPS) is 22.3. The minimum Gasteiger partial charge on any atom is -0.497 e. The summed E-state index contributed by atoms with van der Waals surface area (Å²) in [5, 5.41) is 6.45. The summed E-state index contributed by atoms with van der Waals surface area (Å²) in [6.45, 7) is 7.16. The molecule has 1 saturated carbocycles. The highest BCUT2D eigenvalue weighted by Crippen LogP contribution is 2.29. The summed E-state index contributed by atoms with van der Waals surface area (Å²) in [4.78, 5) is 15.5. The second-order valence-electron chi connectivity index (χ2n) is 10.3. The van der Waals surface area contributed by atoms with E-state index >= 15 is 0 Å². The van der Waals surface area contributed by atoms with Gasteiger partial charge < -0.3 is 20.3 Å². The summed E-state index contributed by atoms with van der Waals surface area (Å²) in [5.41, 5.74) is 1.28. The van der Waals surface area contributed by atoms with Crippen LogP contribution in [0.2, 0.25) is 0 Å². The average Bonchev–Trinajstić information content (AvgIpc) is 2.83. The Hall–Kier alpha value is -1.68. The summed E-state index contributed by atoms with van der Waals surface area (Å²) in [6.07, 6.45) is 6.91. The van der Waals surface area contributed by atoms with Crippen molar-refractivity contribution >= 4 is 15.9 Å². The van der Waals surface area contributed by atoms with Crippen molar-refractivity contribution in [2.75, 3.05) is 47.4 Å². The summed E-state index contributed by atoms with van der Waals surface area (Å²) >= 11 is 0. The second-order valence-corrected chi connectivity index (χ2v) is 12.3. The molecule has 0 bridgehead atoms. The first kappa shape index (κ1) is 27.9. The third kappa shape index (κ3) is 7.18. The molecule has 0 aromatic heterocycles. The van der Waals surface area contributed by atoms with E-state index in [0.717, 1.165) is 38.1 Å². The zero-order chi connectivity index (χ0) is 25.6. The first-order valence-corrected chi connectivity index (χ1v) is 14.4. The van der Waals surface area contributed by atoms with Crippen LogP contribution in [0.5, 0.6) is 5.75 Å². The molecule has 1 saturated heterocycles. The van der Waals surface area contributed by atoms with Crippen LogP contribution in [0, 0.1) is 19.8 Å². The van der Waals surface area contributed by atoms with Crippen molar-refractivity contribution in [3.8, 4) is 5.75 Å². The molecule has 0 spiro atoms. The molecule has 35 heavy (non-hydrogen) atoms. The number of carbonyl (C=O) groups is 1. The predicted molar refractivity (Wildman–Crippen MR) is 139 cm³/mol. The highest BCUT2D eigenvalue weighted by molar-refractivity contribution is 7.89. The van der Waals surface area contributed by atoms with Crippen molar-refractivity contribution in [1.82, 2.24) is 19.8 Å². The van der Waals surface area contributed by atoms with Crippen LogP contribution < -0.4 is 15.4 Å². The minimum atomic E-state index is -3.69. The van der Waals surface area contributed by atoms with Crippen molar-refractivity contribution < 1.29 is 17.9 Å². The van der Waals surface area contributed by atoms with E-state index < -0.39 is 10.0 Å². The molecule has 1 aromatic rings. The molecule has 1 amide bonds. The number of methoxy groups -OCH3 is 1. The van der Waals surface area contributed by atoms with E-state index in [9.17, 15) is 13.2 Å². The molecule has 9 heteroatoms. The molecule has 0 radical (unpaired) electrons. The first-order chi connectivity index (χ1) is 16.6. The number of carbonyl (C=O) groups excluding carboxylic acids is 1. The Morgan fingerprint density at radius 1 is 1.09 bits per heavy atom. The van der Waals surface area contributed by atoms with E-state index in [-0.39, 0.29) is 29.8 Å². The summed E-state index contributed by atoms with van der Waals surface area (Å²) in [7, 11) is 1.44. The lowest BCUT2D eigenvalue weighted by molar-refractivity contribution is -0.122. The zero-order valence-electron chi connectivity index (χ0n) is 22.1. The minimum absolute atomic E-state index is 0.0773. The molecule has 1 aromatic carbocycles. The van der Waals surface area contributed by atoms with Crippen molar-refractivity contribution in [3.63, 3.8) is 0 Å². The zero-order valence-corrected chi connectivity index (χ0v) is 22.9. The smallest absolute Gasteiger partial charge is 0.243 e. The lowest BCUT2D eigenvalue weighted by atomic mass is 9.87. The van der Waals surface area contributed by atoms with E-state index in [1.165, 1.54) is 37.3 Å². The molecule has 198 valence electrons. The standard InChI is InChI=1S/C26H44N4O4S/c1-19-16-24(34-5)17-20(2)26(19)35(32,33)29(4)13-12-25(31)28-22-6-8-23(9-7-22)30-14-10-21(11-15-30)18-27-3/h16-17,21-23,27H,6-15,18H2,1-5H3,(H,28,31). The van der Waals surface area contributed by atoms with Gasteiger partial charge in [0.2, 0.25) is 15.9 Å². The number of hydrogen-bond donors (Lipinski definition) is 2. The van der Waals surface area contributed by atoms with Gasteiger partial charge in [-0.3, -0.25) is 4.79 Å². The number of ether oxygens (including phenoxy) is 1. The average molecular weight is 509 g/mol. The van der Waals surface area contributed by atoms with Gasteiger partial charge in [0, 0.05) is 32.1 Å². The fraction of sp³-hybridized carbons (Fsp3) is 0.731. The number of benzene rings is 1. The van der Waals surface area contributed by atoms with E-state index in [0.29, 0.717) is 22.9 Å². The van der Waals surface area contributed by atoms with Crippen LogP contribution in [0.15, 0.2) is 17.0 Å². The second kappa shape index (κ2) is 12.5. The van der Waals surface area contributed by atoms with Crippen molar-refractivity contribution in [2.24, 2.45) is 5.92 Å². The van der Waals surface area contributed by atoms with Gasteiger partial charge in [0.25, 0.3) is 0 Å². The number of amides is 1. The van der Waals surface area contributed by atoms with Crippen molar-refractivity contribution in [1.29, 1.82) is 0 Å². The van der Waals surface area contributed by atoms with Gasteiger partial charge in [0.05, 0.1) is 12.0 Å². The Bertz CT molecular complexity index is 929. The number of rotatable bonds is 10. The first-order valence-electron chi connectivity index (χ1n) is 12.9. The molecule has 0 unspecified atom stereocenters. The molecular formula is C26H44N4O4S. The number of likely N-dealkylation sites (tertiary alicyclic amines) is 1. The number of nitrogens with one attached hydrogen (secondary N) is 2. The van der Waals surface area contributed by atoms with E-state index in [1.807, 2.05) is 7.05 Å². The van der Waals surface area contributed by atoms with Crippen LogP contribution in [0.4, 0.5) is 0 Å². The fourth-order valence-corrected chi connectivity index (χ4v) is 7.24. The Morgan fingerprint density at radius 3 is 2.23 bits per heavy atom. The van der Waals surface area contributed by atoms with Crippen LogP contribution in [0.25, 0.3) is 0 Å². The maximum absolute atomic E-state index is 13.2. The predicted octanol–water partition coefficient (Wildman–Crippen LogP) is 2.68. The van der Waals surface area contributed by atoms with Gasteiger partial charge in [0.15, 0.2) is 0 Å². The molecule has 2 fully saturated rings. The lowest BCUT2D eigenvalue weighted by Crippen LogP contribution is -2.47. The van der Waals surface area contributed by atoms with Crippen molar-refractivity contribution in [3.05, 3.63) is 23.3 Å².